The molecule has 2 fully saturated rings. The van der Waals surface area contributed by atoms with Gasteiger partial charge in [0.2, 0.25) is 5.91 Å². The molecule has 1 aromatic rings. The topological polar surface area (TPSA) is 114 Å². The predicted molar refractivity (Wildman–Crippen MR) is 103 cm³/mol. The Morgan fingerprint density at radius 2 is 1.96 bits per heavy atom. The van der Waals surface area contributed by atoms with Crippen molar-refractivity contribution < 1.29 is 19.2 Å². The van der Waals surface area contributed by atoms with Crippen molar-refractivity contribution in [1.29, 1.82) is 0 Å². The van der Waals surface area contributed by atoms with E-state index >= 15 is 0 Å². The van der Waals surface area contributed by atoms with Crippen molar-refractivity contribution >= 4 is 23.2 Å². The molecule has 1 saturated heterocycles. The molecule has 0 bridgehead atoms. The average Bonchev–Trinajstić information content (AvgIpc) is 3.51. The SMILES string of the molecule is COCCNc1ccc(C(=O)N2CCC(C(=O)NC3CC3)CC2)cc1[N+](=O)[O-]. The van der Waals surface area contributed by atoms with Crippen molar-refractivity contribution in [3.8, 4) is 0 Å². The van der Waals surface area contributed by atoms with Crippen LogP contribution in [0.25, 0.3) is 0 Å². The first kappa shape index (κ1) is 20.1. The van der Waals surface area contributed by atoms with Crippen LogP contribution in [0.5, 0.6) is 0 Å². The third-order valence-electron chi connectivity index (χ3n) is 5.14. The number of carbonyl (C=O) groups excluding carboxylic acids is 2. The van der Waals surface area contributed by atoms with Crippen LogP contribution in [0.2, 0.25) is 0 Å². The molecule has 0 aromatic heterocycles. The van der Waals surface area contributed by atoms with Gasteiger partial charge in [-0.05, 0) is 37.8 Å². The number of anilines is 1. The number of methoxy groups -OCH3 is 1. The third-order valence-corrected chi connectivity index (χ3v) is 5.14. The van der Waals surface area contributed by atoms with Gasteiger partial charge in [-0.25, -0.2) is 0 Å². The van der Waals surface area contributed by atoms with Gasteiger partial charge in [0, 0.05) is 50.3 Å². The average molecular weight is 390 g/mol. The number of nitro benzene ring substituents is 1. The molecule has 0 spiro atoms. The molecule has 0 radical (unpaired) electrons. The van der Waals surface area contributed by atoms with Gasteiger partial charge >= 0.3 is 0 Å². The highest BCUT2D eigenvalue weighted by Crippen LogP contribution is 2.27. The summed E-state index contributed by atoms with van der Waals surface area (Å²) in [6.45, 7) is 1.80. The minimum absolute atomic E-state index is 0.0636. The van der Waals surface area contributed by atoms with E-state index in [1.54, 1.807) is 24.1 Å². The second-order valence-electron chi connectivity index (χ2n) is 7.26. The summed E-state index contributed by atoms with van der Waals surface area (Å²) in [6.07, 6.45) is 3.34. The zero-order valence-electron chi connectivity index (χ0n) is 16.0. The van der Waals surface area contributed by atoms with Crippen LogP contribution < -0.4 is 10.6 Å². The lowest BCUT2D eigenvalue weighted by Crippen LogP contribution is -2.43. The van der Waals surface area contributed by atoms with E-state index in [9.17, 15) is 19.7 Å². The molecule has 1 aliphatic heterocycles. The maximum Gasteiger partial charge on any atom is 0.293 e. The van der Waals surface area contributed by atoms with Crippen molar-refractivity contribution in [2.45, 2.75) is 31.7 Å². The van der Waals surface area contributed by atoms with E-state index in [-0.39, 0.29) is 29.0 Å². The quantitative estimate of drug-likeness (QED) is 0.397. The summed E-state index contributed by atoms with van der Waals surface area (Å²) in [7, 11) is 1.55. The Labute approximate surface area is 163 Å². The largest absolute Gasteiger partial charge is 0.383 e. The maximum absolute atomic E-state index is 12.8. The van der Waals surface area contributed by atoms with Gasteiger partial charge in [-0.2, -0.15) is 0 Å². The number of nitrogens with zero attached hydrogens (tertiary/aromatic N) is 2. The number of likely N-dealkylation sites (tertiary alicyclic amines) is 1. The van der Waals surface area contributed by atoms with Crippen molar-refractivity contribution in [2.75, 3.05) is 38.7 Å². The van der Waals surface area contributed by atoms with Crippen LogP contribution in [0.4, 0.5) is 11.4 Å². The van der Waals surface area contributed by atoms with E-state index in [0.717, 1.165) is 12.8 Å². The van der Waals surface area contributed by atoms with Crippen LogP contribution in [0, 0.1) is 16.0 Å². The summed E-state index contributed by atoms with van der Waals surface area (Å²) in [5.74, 6) is -0.226. The Kier molecular flexibility index (Phi) is 6.45. The first-order valence-corrected chi connectivity index (χ1v) is 9.60. The van der Waals surface area contributed by atoms with E-state index in [1.165, 1.54) is 6.07 Å². The number of amides is 2. The van der Waals surface area contributed by atoms with Crippen LogP contribution in [-0.2, 0) is 9.53 Å². The first-order chi connectivity index (χ1) is 13.5. The number of ether oxygens (including phenoxy) is 1. The molecule has 152 valence electrons. The molecule has 2 N–H and O–H groups in total. The molecule has 1 saturated carbocycles. The summed E-state index contributed by atoms with van der Waals surface area (Å²) < 4.78 is 4.93. The second-order valence-corrected chi connectivity index (χ2v) is 7.26. The molecular weight excluding hydrogens is 364 g/mol. The molecule has 0 unspecified atom stereocenters. The van der Waals surface area contributed by atoms with Crippen LogP contribution in [0.3, 0.4) is 0 Å². The highest BCUT2D eigenvalue weighted by molar-refractivity contribution is 5.96. The summed E-state index contributed by atoms with van der Waals surface area (Å²) in [5.41, 5.74) is 0.500. The van der Waals surface area contributed by atoms with Gasteiger partial charge in [0.25, 0.3) is 11.6 Å². The van der Waals surface area contributed by atoms with Crippen molar-refractivity contribution in [3.63, 3.8) is 0 Å². The standard InChI is InChI=1S/C19H26N4O5/c1-28-11-8-20-16-5-2-14(12-17(16)23(26)27)19(25)22-9-6-13(7-10-22)18(24)21-15-3-4-15/h2,5,12-13,15,20H,3-4,6-11H2,1H3,(H,21,24). The predicted octanol–water partition coefficient (Wildman–Crippen LogP) is 1.78. The second kappa shape index (κ2) is 9.01. The van der Waals surface area contributed by atoms with Crippen molar-refractivity contribution in [1.82, 2.24) is 10.2 Å². The highest BCUT2D eigenvalue weighted by Gasteiger charge is 2.31. The fourth-order valence-corrected chi connectivity index (χ4v) is 3.33. The molecule has 1 aliphatic carbocycles. The normalized spacial score (nSPS) is 17.2. The fourth-order valence-electron chi connectivity index (χ4n) is 3.33. The van der Waals surface area contributed by atoms with E-state index < -0.39 is 4.92 Å². The summed E-state index contributed by atoms with van der Waals surface area (Å²) in [6, 6.07) is 4.79. The Bertz CT molecular complexity index is 742. The van der Waals surface area contributed by atoms with Crippen LogP contribution >= 0.6 is 0 Å². The van der Waals surface area contributed by atoms with Crippen LogP contribution in [-0.4, -0.2) is 61.0 Å². The zero-order valence-corrected chi connectivity index (χ0v) is 16.0. The van der Waals surface area contributed by atoms with E-state index in [4.69, 9.17) is 4.74 Å². The van der Waals surface area contributed by atoms with Crippen molar-refractivity contribution in [2.24, 2.45) is 5.92 Å². The number of hydrogen-bond acceptors (Lipinski definition) is 6. The molecule has 3 rings (SSSR count). The van der Waals surface area contributed by atoms with Gasteiger partial charge in [-0.3, -0.25) is 19.7 Å². The Morgan fingerprint density at radius 1 is 1.25 bits per heavy atom. The van der Waals surface area contributed by atoms with Gasteiger partial charge in [0.05, 0.1) is 11.5 Å². The lowest BCUT2D eigenvalue weighted by atomic mass is 9.95. The monoisotopic (exact) mass is 390 g/mol. The molecule has 28 heavy (non-hydrogen) atoms. The molecule has 9 nitrogen and oxygen atoms in total. The maximum atomic E-state index is 12.8. The summed E-state index contributed by atoms with van der Waals surface area (Å²) >= 11 is 0. The van der Waals surface area contributed by atoms with E-state index in [0.29, 0.717) is 50.8 Å². The molecule has 9 heteroatoms. The molecule has 1 aromatic carbocycles. The van der Waals surface area contributed by atoms with Crippen LogP contribution in [0.1, 0.15) is 36.0 Å². The minimum atomic E-state index is -0.500. The lowest BCUT2D eigenvalue weighted by molar-refractivity contribution is -0.384. The highest BCUT2D eigenvalue weighted by atomic mass is 16.6. The molecule has 0 atom stereocenters. The number of benzene rings is 1. The zero-order chi connectivity index (χ0) is 20.1. The molecule has 1 heterocycles. The number of hydrogen-bond donors (Lipinski definition) is 2. The number of rotatable bonds is 8. The Morgan fingerprint density at radius 3 is 2.57 bits per heavy atom. The van der Waals surface area contributed by atoms with Gasteiger partial charge in [0.15, 0.2) is 0 Å². The Balaban J connectivity index is 1.61. The summed E-state index contributed by atoms with van der Waals surface area (Å²) in [4.78, 5) is 37.5. The number of carbonyl (C=O) groups is 2. The van der Waals surface area contributed by atoms with Crippen LogP contribution in [0.15, 0.2) is 18.2 Å². The molecule has 2 aliphatic rings. The first-order valence-electron chi connectivity index (χ1n) is 9.60. The van der Waals surface area contributed by atoms with Gasteiger partial charge in [-0.1, -0.05) is 0 Å². The van der Waals surface area contributed by atoms with E-state index in [2.05, 4.69) is 10.6 Å². The van der Waals surface area contributed by atoms with Crippen molar-refractivity contribution in [3.05, 3.63) is 33.9 Å². The smallest absolute Gasteiger partial charge is 0.293 e. The molecule has 2 amide bonds. The van der Waals surface area contributed by atoms with Gasteiger partial charge in [0.1, 0.15) is 5.69 Å². The fraction of sp³-hybridized carbons (Fsp3) is 0.579. The molecular formula is C19H26N4O5. The van der Waals surface area contributed by atoms with E-state index in [1.807, 2.05) is 0 Å². The van der Waals surface area contributed by atoms with Gasteiger partial charge < -0.3 is 20.3 Å². The Hall–Kier alpha value is -2.68. The van der Waals surface area contributed by atoms with Gasteiger partial charge in [-0.15, -0.1) is 0 Å². The number of nitrogens with one attached hydrogen (secondary N) is 2. The number of piperidine rings is 1. The lowest BCUT2D eigenvalue weighted by Gasteiger charge is -2.31. The third kappa shape index (κ3) is 4.98. The number of nitro groups is 1. The summed E-state index contributed by atoms with van der Waals surface area (Å²) in [5, 5.41) is 17.3. The minimum Gasteiger partial charge on any atom is -0.383 e.